The maximum Gasteiger partial charge on any atom is 0.274 e. The topological polar surface area (TPSA) is 85.4 Å². The summed E-state index contributed by atoms with van der Waals surface area (Å²) >= 11 is 6.15. The second-order valence-electron chi connectivity index (χ2n) is 6.14. The van der Waals surface area contributed by atoms with Crippen LogP contribution in [-0.2, 0) is 0 Å². The Morgan fingerprint density at radius 3 is 2.75 bits per heavy atom. The maximum absolute atomic E-state index is 12.6. The number of ether oxygens (including phenoxy) is 2. The number of hydrogen-bond donors (Lipinski definition) is 2. The van der Waals surface area contributed by atoms with E-state index in [9.17, 15) is 4.79 Å². The zero-order valence-corrected chi connectivity index (χ0v) is 15.8. The highest BCUT2D eigenvalue weighted by atomic mass is 35.5. The minimum Gasteiger partial charge on any atom is -0.486 e. The lowest BCUT2D eigenvalue weighted by atomic mass is 10.2. The first-order valence-corrected chi connectivity index (χ1v) is 9.03. The third-order valence-corrected chi connectivity index (χ3v) is 4.64. The number of hydrogen-bond acceptors (Lipinski definition) is 6. The number of carbonyl (C=O) groups is 1. The number of halogens is 1. The predicted molar refractivity (Wildman–Crippen MR) is 107 cm³/mol. The molecule has 0 saturated heterocycles. The standard InChI is InChI=1S/C20H17ClN4O3/c1-12-14(21)3-2-4-15(12)25-19-10-16(22-11-23-19)20(26)24-13-5-6-17-18(9-13)28-8-7-27-17/h2-6,9-11H,7-8H2,1H3,(H,24,26)(H,22,23,25). The lowest BCUT2D eigenvalue weighted by molar-refractivity contribution is 0.102. The molecule has 2 N–H and O–H groups in total. The van der Waals surface area contributed by atoms with E-state index < -0.39 is 0 Å². The second kappa shape index (κ2) is 7.74. The first-order chi connectivity index (χ1) is 13.6. The Kier molecular flexibility index (Phi) is 4.99. The number of anilines is 3. The molecular weight excluding hydrogens is 380 g/mol. The molecule has 28 heavy (non-hydrogen) atoms. The molecule has 2 heterocycles. The first kappa shape index (κ1) is 18.1. The Balaban J connectivity index is 1.51. The molecule has 0 aliphatic carbocycles. The van der Waals surface area contributed by atoms with Gasteiger partial charge in [-0.05, 0) is 36.8 Å². The number of benzene rings is 2. The molecule has 0 bridgehead atoms. The van der Waals surface area contributed by atoms with Crippen LogP contribution in [0.1, 0.15) is 16.1 Å². The second-order valence-corrected chi connectivity index (χ2v) is 6.55. The quantitative estimate of drug-likeness (QED) is 0.687. The van der Waals surface area contributed by atoms with Crippen molar-refractivity contribution in [3.05, 3.63) is 65.1 Å². The zero-order valence-electron chi connectivity index (χ0n) is 15.0. The van der Waals surface area contributed by atoms with Crippen LogP contribution < -0.4 is 20.1 Å². The van der Waals surface area contributed by atoms with E-state index in [1.807, 2.05) is 25.1 Å². The Labute approximate surface area is 166 Å². The number of rotatable bonds is 4. The Morgan fingerprint density at radius 1 is 1.07 bits per heavy atom. The molecule has 8 heteroatoms. The maximum atomic E-state index is 12.6. The Bertz CT molecular complexity index is 1040. The van der Waals surface area contributed by atoms with Gasteiger partial charge in [-0.2, -0.15) is 0 Å². The van der Waals surface area contributed by atoms with Crippen LogP contribution in [0.2, 0.25) is 5.02 Å². The van der Waals surface area contributed by atoms with Crippen LogP contribution >= 0.6 is 11.6 Å². The van der Waals surface area contributed by atoms with Crippen LogP contribution in [-0.4, -0.2) is 29.1 Å². The van der Waals surface area contributed by atoms with Crippen molar-refractivity contribution in [2.24, 2.45) is 0 Å². The van der Waals surface area contributed by atoms with Crippen molar-refractivity contribution in [3.8, 4) is 11.5 Å². The van der Waals surface area contributed by atoms with E-state index in [2.05, 4.69) is 20.6 Å². The van der Waals surface area contributed by atoms with Crippen LogP contribution in [0.3, 0.4) is 0 Å². The van der Waals surface area contributed by atoms with Gasteiger partial charge in [0.1, 0.15) is 31.1 Å². The van der Waals surface area contributed by atoms with Gasteiger partial charge < -0.3 is 20.1 Å². The number of nitrogens with one attached hydrogen (secondary N) is 2. The average Bonchev–Trinajstić information content (AvgIpc) is 2.71. The average molecular weight is 397 g/mol. The molecule has 0 spiro atoms. The molecule has 1 aromatic heterocycles. The summed E-state index contributed by atoms with van der Waals surface area (Å²) in [6.07, 6.45) is 1.33. The fraction of sp³-hybridized carbons (Fsp3) is 0.150. The summed E-state index contributed by atoms with van der Waals surface area (Å²) in [5.74, 6) is 1.40. The van der Waals surface area contributed by atoms with Crippen LogP contribution in [0.15, 0.2) is 48.8 Å². The lowest BCUT2D eigenvalue weighted by Gasteiger charge is -2.19. The van der Waals surface area contributed by atoms with Gasteiger partial charge in [0, 0.05) is 28.5 Å². The molecule has 1 aliphatic heterocycles. The zero-order chi connectivity index (χ0) is 19.5. The van der Waals surface area contributed by atoms with Crippen molar-refractivity contribution < 1.29 is 14.3 Å². The summed E-state index contributed by atoms with van der Waals surface area (Å²) in [6.45, 7) is 2.90. The van der Waals surface area contributed by atoms with Gasteiger partial charge in [0.15, 0.2) is 11.5 Å². The lowest BCUT2D eigenvalue weighted by Crippen LogP contribution is -2.17. The monoisotopic (exact) mass is 396 g/mol. The van der Waals surface area contributed by atoms with E-state index >= 15 is 0 Å². The van der Waals surface area contributed by atoms with Crippen LogP contribution in [0, 0.1) is 6.92 Å². The third kappa shape index (κ3) is 3.84. The fourth-order valence-corrected chi connectivity index (χ4v) is 2.92. The molecule has 1 amide bonds. The van der Waals surface area contributed by atoms with Crippen molar-refractivity contribution in [1.29, 1.82) is 0 Å². The summed E-state index contributed by atoms with van der Waals surface area (Å²) < 4.78 is 11.0. The van der Waals surface area contributed by atoms with Crippen LogP contribution in [0.25, 0.3) is 0 Å². The van der Waals surface area contributed by atoms with Gasteiger partial charge in [-0.15, -0.1) is 0 Å². The smallest absolute Gasteiger partial charge is 0.274 e. The predicted octanol–water partition coefficient (Wildman–Crippen LogP) is 4.21. The fourth-order valence-electron chi connectivity index (χ4n) is 2.75. The summed E-state index contributed by atoms with van der Waals surface area (Å²) in [5, 5.41) is 6.62. The first-order valence-electron chi connectivity index (χ1n) is 8.65. The highest BCUT2D eigenvalue weighted by molar-refractivity contribution is 6.31. The van der Waals surface area contributed by atoms with Crippen molar-refractivity contribution >= 4 is 34.7 Å². The molecule has 0 unspecified atom stereocenters. The van der Waals surface area contributed by atoms with Gasteiger partial charge in [0.05, 0.1) is 0 Å². The SMILES string of the molecule is Cc1c(Cl)cccc1Nc1cc(C(=O)Nc2ccc3c(c2)OCCO3)ncn1. The van der Waals surface area contributed by atoms with E-state index in [-0.39, 0.29) is 11.6 Å². The van der Waals surface area contributed by atoms with Crippen molar-refractivity contribution in [1.82, 2.24) is 9.97 Å². The molecule has 0 atom stereocenters. The number of carbonyl (C=O) groups excluding carboxylic acids is 1. The molecule has 0 fully saturated rings. The van der Waals surface area contributed by atoms with Gasteiger partial charge in [-0.3, -0.25) is 4.79 Å². The molecule has 142 valence electrons. The highest BCUT2D eigenvalue weighted by Gasteiger charge is 2.15. The highest BCUT2D eigenvalue weighted by Crippen LogP contribution is 2.32. The Hall–Kier alpha value is -3.32. The molecule has 4 rings (SSSR count). The number of fused-ring (bicyclic) bond motifs is 1. The largest absolute Gasteiger partial charge is 0.486 e. The summed E-state index contributed by atoms with van der Waals surface area (Å²) in [6, 6.07) is 12.4. The van der Waals surface area contributed by atoms with Gasteiger partial charge in [0.2, 0.25) is 0 Å². The van der Waals surface area contributed by atoms with E-state index in [0.717, 1.165) is 11.3 Å². The van der Waals surface area contributed by atoms with Crippen LogP contribution in [0.4, 0.5) is 17.2 Å². The van der Waals surface area contributed by atoms with E-state index in [0.29, 0.717) is 41.2 Å². The van der Waals surface area contributed by atoms with Crippen LogP contribution in [0.5, 0.6) is 11.5 Å². The number of amides is 1. The molecule has 1 aliphatic rings. The molecule has 7 nitrogen and oxygen atoms in total. The van der Waals surface area contributed by atoms with Gasteiger partial charge in [-0.1, -0.05) is 17.7 Å². The van der Waals surface area contributed by atoms with Crippen molar-refractivity contribution in [2.75, 3.05) is 23.8 Å². The van der Waals surface area contributed by atoms with E-state index in [1.54, 1.807) is 24.3 Å². The van der Waals surface area contributed by atoms with Gasteiger partial charge >= 0.3 is 0 Å². The number of aromatic nitrogens is 2. The third-order valence-electron chi connectivity index (χ3n) is 4.23. The van der Waals surface area contributed by atoms with Crippen molar-refractivity contribution in [3.63, 3.8) is 0 Å². The molecule has 0 radical (unpaired) electrons. The molecule has 2 aromatic carbocycles. The summed E-state index contributed by atoms with van der Waals surface area (Å²) in [5.41, 5.74) is 2.52. The minimum absolute atomic E-state index is 0.229. The number of nitrogens with zero attached hydrogens (tertiary/aromatic N) is 2. The van der Waals surface area contributed by atoms with Gasteiger partial charge in [-0.25, -0.2) is 9.97 Å². The van der Waals surface area contributed by atoms with E-state index in [1.165, 1.54) is 6.33 Å². The van der Waals surface area contributed by atoms with Gasteiger partial charge in [0.25, 0.3) is 5.91 Å². The summed E-state index contributed by atoms with van der Waals surface area (Å²) in [4.78, 5) is 20.8. The minimum atomic E-state index is -0.357. The Morgan fingerprint density at radius 2 is 1.89 bits per heavy atom. The molecule has 0 saturated carbocycles. The summed E-state index contributed by atoms with van der Waals surface area (Å²) in [7, 11) is 0. The van der Waals surface area contributed by atoms with E-state index in [4.69, 9.17) is 21.1 Å². The normalized spacial score (nSPS) is 12.4. The van der Waals surface area contributed by atoms with Crippen molar-refractivity contribution in [2.45, 2.75) is 6.92 Å². The molecular formula is C20H17ClN4O3. The molecule has 3 aromatic rings.